The van der Waals surface area contributed by atoms with Crippen molar-refractivity contribution in [2.45, 2.75) is 37.9 Å². The standard InChI is InChI=1S/C24H26N4S/c1-2-7-18(8-3-1)15-20-16-19(12-13-25-20)26-24-27-22-10-4-5-11-23(22)28(24)17-21-9-6-14-29-21/h1-11,14,19-20,25H,12-13,15-17H2,(H,26,27)/t19-,20+/m0/s1. The van der Waals surface area contributed by atoms with Crippen LogP contribution in [-0.4, -0.2) is 28.2 Å². The Bertz CT molecular complexity index is 1060. The van der Waals surface area contributed by atoms with Gasteiger partial charge in [0.25, 0.3) is 0 Å². The molecule has 1 aliphatic heterocycles. The molecule has 4 nitrogen and oxygen atoms in total. The van der Waals surface area contributed by atoms with Crippen molar-refractivity contribution < 1.29 is 0 Å². The van der Waals surface area contributed by atoms with Crippen molar-refractivity contribution in [2.24, 2.45) is 0 Å². The summed E-state index contributed by atoms with van der Waals surface area (Å²) in [5, 5.41) is 9.62. The van der Waals surface area contributed by atoms with E-state index >= 15 is 0 Å². The van der Waals surface area contributed by atoms with Crippen LogP contribution in [0.2, 0.25) is 0 Å². The summed E-state index contributed by atoms with van der Waals surface area (Å²) in [7, 11) is 0. The second-order valence-electron chi connectivity index (χ2n) is 7.80. The number of anilines is 1. The van der Waals surface area contributed by atoms with Crippen LogP contribution >= 0.6 is 11.3 Å². The zero-order chi connectivity index (χ0) is 19.5. The quantitative estimate of drug-likeness (QED) is 0.481. The van der Waals surface area contributed by atoms with E-state index in [1.54, 1.807) is 11.3 Å². The van der Waals surface area contributed by atoms with E-state index < -0.39 is 0 Å². The van der Waals surface area contributed by atoms with Gasteiger partial charge in [-0.05, 0) is 54.9 Å². The first-order valence-electron chi connectivity index (χ1n) is 10.4. The number of aromatic nitrogens is 2. The lowest BCUT2D eigenvalue weighted by Crippen LogP contribution is -2.44. The highest BCUT2D eigenvalue weighted by atomic mass is 32.1. The molecule has 3 heterocycles. The minimum atomic E-state index is 0.434. The number of thiophene rings is 1. The second-order valence-corrected chi connectivity index (χ2v) is 8.83. The fourth-order valence-corrected chi connectivity index (χ4v) is 4.97. The van der Waals surface area contributed by atoms with Crippen molar-refractivity contribution in [3.8, 4) is 0 Å². The molecule has 2 N–H and O–H groups in total. The maximum Gasteiger partial charge on any atom is 0.204 e. The Morgan fingerprint density at radius 1 is 1.03 bits per heavy atom. The second kappa shape index (κ2) is 8.39. The highest BCUT2D eigenvalue weighted by Gasteiger charge is 2.23. The SMILES string of the molecule is c1ccc(C[C@@H]2C[C@@H](Nc3nc4ccccc4n3Cc3cccs3)CCN2)cc1. The van der Waals surface area contributed by atoms with Crippen LogP contribution < -0.4 is 10.6 Å². The molecule has 1 fully saturated rings. The average molecular weight is 403 g/mol. The molecule has 1 saturated heterocycles. The highest BCUT2D eigenvalue weighted by molar-refractivity contribution is 7.09. The van der Waals surface area contributed by atoms with E-state index in [2.05, 4.69) is 87.3 Å². The van der Waals surface area contributed by atoms with Gasteiger partial charge in [-0.1, -0.05) is 48.5 Å². The molecule has 2 aromatic carbocycles. The Morgan fingerprint density at radius 3 is 2.76 bits per heavy atom. The van der Waals surface area contributed by atoms with Crippen LogP contribution in [0.1, 0.15) is 23.3 Å². The molecule has 0 radical (unpaired) electrons. The van der Waals surface area contributed by atoms with E-state index in [9.17, 15) is 0 Å². The predicted octanol–water partition coefficient (Wildman–Crippen LogP) is 4.92. The number of para-hydroxylation sites is 2. The molecule has 0 spiro atoms. The van der Waals surface area contributed by atoms with Gasteiger partial charge in [-0.25, -0.2) is 4.98 Å². The summed E-state index contributed by atoms with van der Waals surface area (Å²) in [6, 6.07) is 24.5. The Balaban J connectivity index is 1.35. The van der Waals surface area contributed by atoms with E-state index in [1.807, 2.05) is 0 Å². The summed E-state index contributed by atoms with van der Waals surface area (Å²) in [5.74, 6) is 0.991. The number of hydrogen-bond acceptors (Lipinski definition) is 4. The largest absolute Gasteiger partial charge is 0.353 e. The molecule has 5 heteroatoms. The van der Waals surface area contributed by atoms with Gasteiger partial charge in [0.05, 0.1) is 17.6 Å². The van der Waals surface area contributed by atoms with Gasteiger partial charge < -0.3 is 15.2 Å². The average Bonchev–Trinajstić information content (AvgIpc) is 3.38. The highest BCUT2D eigenvalue weighted by Crippen LogP contribution is 2.25. The van der Waals surface area contributed by atoms with Crippen LogP contribution in [-0.2, 0) is 13.0 Å². The van der Waals surface area contributed by atoms with Gasteiger partial charge in [-0.15, -0.1) is 11.3 Å². The Morgan fingerprint density at radius 2 is 1.90 bits per heavy atom. The van der Waals surface area contributed by atoms with Gasteiger partial charge >= 0.3 is 0 Å². The monoisotopic (exact) mass is 402 g/mol. The lowest BCUT2D eigenvalue weighted by molar-refractivity contribution is 0.372. The van der Waals surface area contributed by atoms with Crippen molar-refractivity contribution in [1.29, 1.82) is 0 Å². The number of piperidine rings is 1. The van der Waals surface area contributed by atoms with Crippen LogP contribution in [0.25, 0.3) is 11.0 Å². The molecule has 29 heavy (non-hydrogen) atoms. The first-order chi connectivity index (χ1) is 14.3. The molecule has 0 unspecified atom stereocenters. The molecule has 2 aromatic heterocycles. The van der Waals surface area contributed by atoms with Crippen molar-refractivity contribution >= 4 is 28.3 Å². The Kier molecular flexibility index (Phi) is 5.33. The molecular formula is C24H26N4S. The summed E-state index contributed by atoms with van der Waals surface area (Å²) in [6.45, 7) is 1.90. The third-order valence-electron chi connectivity index (χ3n) is 5.70. The minimum absolute atomic E-state index is 0.434. The first-order valence-corrected chi connectivity index (χ1v) is 11.2. The topological polar surface area (TPSA) is 41.9 Å². The molecule has 0 bridgehead atoms. The smallest absolute Gasteiger partial charge is 0.204 e. The number of rotatable bonds is 6. The van der Waals surface area contributed by atoms with Crippen LogP contribution in [0.3, 0.4) is 0 Å². The van der Waals surface area contributed by atoms with Gasteiger partial charge in [-0.3, -0.25) is 0 Å². The molecular weight excluding hydrogens is 376 g/mol. The van der Waals surface area contributed by atoms with E-state index in [4.69, 9.17) is 4.98 Å². The summed E-state index contributed by atoms with van der Waals surface area (Å²) in [6.07, 6.45) is 3.30. The molecule has 0 saturated carbocycles. The Labute approximate surface area is 175 Å². The van der Waals surface area contributed by atoms with Crippen molar-refractivity contribution in [3.63, 3.8) is 0 Å². The van der Waals surface area contributed by atoms with Gasteiger partial charge in [-0.2, -0.15) is 0 Å². The molecule has 148 valence electrons. The number of benzene rings is 2. The molecule has 2 atom stereocenters. The lowest BCUT2D eigenvalue weighted by atomic mass is 9.94. The first kappa shape index (κ1) is 18.4. The maximum absolute atomic E-state index is 4.93. The molecule has 4 aromatic rings. The number of nitrogens with one attached hydrogen (secondary N) is 2. The number of imidazole rings is 1. The third kappa shape index (κ3) is 4.21. The minimum Gasteiger partial charge on any atom is -0.353 e. The predicted molar refractivity (Wildman–Crippen MR) is 122 cm³/mol. The van der Waals surface area contributed by atoms with Crippen molar-refractivity contribution in [3.05, 3.63) is 82.6 Å². The van der Waals surface area contributed by atoms with Crippen LogP contribution in [0, 0.1) is 0 Å². The van der Waals surface area contributed by atoms with Crippen LogP contribution in [0.15, 0.2) is 72.1 Å². The van der Waals surface area contributed by atoms with Crippen molar-refractivity contribution in [1.82, 2.24) is 14.9 Å². The summed E-state index contributed by atoms with van der Waals surface area (Å²) in [5.41, 5.74) is 3.65. The number of nitrogens with zero attached hydrogens (tertiary/aromatic N) is 2. The van der Waals surface area contributed by atoms with Gasteiger partial charge in [0.2, 0.25) is 5.95 Å². The van der Waals surface area contributed by atoms with Gasteiger partial charge in [0.1, 0.15) is 0 Å². The van der Waals surface area contributed by atoms with E-state index in [-0.39, 0.29) is 0 Å². The molecule has 0 amide bonds. The Hall–Kier alpha value is -2.63. The number of fused-ring (bicyclic) bond motifs is 1. The summed E-state index contributed by atoms with van der Waals surface area (Å²) >= 11 is 1.80. The molecule has 1 aliphatic rings. The van der Waals surface area contributed by atoms with E-state index in [0.29, 0.717) is 12.1 Å². The summed E-state index contributed by atoms with van der Waals surface area (Å²) < 4.78 is 2.33. The molecule has 5 rings (SSSR count). The summed E-state index contributed by atoms with van der Waals surface area (Å²) in [4.78, 5) is 6.28. The number of hydrogen-bond donors (Lipinski definition) is 2. The maximum atomic E-state index is 4.93. The van der Waals surface area contributed by atoms with E-state index in [1.165, 1.54) is 16.0 Å². The van der Waals surface area contributed by atoms with E-state index in [0.717, 1.165) is 43.8 Å². The fourth-order valence-electron chi connectivity index (χ4n) is 4.28. The fraction of sp³-hybridized carbons (Fsp3) is 0.292. The molecule has 0 aliphatic carbocycles. The van der Waals surface area contributed by atoms with Crippen LogP contribution in [0.5, 0.6) is 0 Å². The zero-order valence-electron chi connectivity index (χ0n) is 16.4. The van der Waals surface area contributed by atoms with Gasteiger partial charge in [0.15, 0.2) is 0 Å². The van der Waals surface area contributed by atoms with Crippen molar-refractivity contribution in [2.75, 3.05) is 11.9 Å². The lowest BCUT2D eigenvalue weighted by Gasteiger charge is -2.31. The van der Waals surface area contributed by atoms with Gasteiger partial charge in [0, 0.05) is 17.0 Å². The third-order valence-corrected chi connectivity index (χ3v) is 6.56. The normalized spacial score (nSPS) is 19.4. The van der Waals surface area contributed by atoms with Crippen LogP contribution in [0.4, 0.5) is 5.95 Å². The zero-order valence-corrected chi connectivity index (χ0v) is 17.2.